The second-order valence-corrected chi connectivity index (χ2v) is 6.14. The number of thiophene rings is 2. The van der Waals surface area contributed by atoms with E-state index in [9.17, 15) is 0 Å². The summed E-state index contributed by atoms with van der Waals surface area (Å²) >= 11 is 3.60. The zero-order chi connectivity index (χ0) is 14.0. The maximum absolute atomic E-state index is 2.21. The van der Waals surface area contributed by atoms with Gasteiger partial charge < -0.3 is 0 Å². The Bertz CT molecular complexity index is 317. The first-order valence-corrected chi connectivity index (χ1v) is 8.49. The zero-order valence-electron chi connectivity index (χ0n) is 12.4. The summed E-state index contributed by atoms with van der Waals surface area (Å²) < 4.78 is 0. The fourth-order valence-corrected chi connectivity index (χ4v) is 2.79. The van der Waals surface area contributed by atoms with E-state index in [-0.39, 0.29) is 0 Å². The fourth-order valence-electron chi connectivity index (χ4n) is 1.22. The minimum absolute atomic E-state index is 0.696. The molecule has 0 atom stereocenters. The second-order valence-electron chi connectivity index (χ2n) is 4.38. The highest BCUT2D eigenvalue weighted by molar-refractivity contribution is 7.10. The fraction of sp³-hybridized carbons (Fsp3) is 0.500. The lowest BCUT2D eigenvalue weighted by atomic mass is 10.1. The molecule has 2 aromatic heterocycles. The Morgan fingerprint density at radius 2 is 1.56 bits per heavy atom. The molecule has 0 unspecified atom stereocenters. The van der Waals surface area contributed by atoms with Gasteiger partial charge >= 0.3 is 0 Å². The SMILES string of the molecule is CC.CC(C)c1cccs1.CC(C)c1ccsc1. The molecule has 2 aromatic rings. The van der Waals surface area contributed by atoms with Crippen molar-refractivity contribution in [2.45, 2.75) is 53.4 Å². The van der Waals surface area contributed by atoms with Crippen LogP contribution in [0.3, 0.4) is 0 Å². The van der Waals surface area contributed by atoms with Gasteiger partial charge in [-0.25, -0.2) is 0 Å². The molecule has 0 aliphatic carbocycles. The summed E-state index contributed by atoms with van der Waals surface area (Å²) in [6.07, 6.45) is 0. The molecule has 2 heterocycles. The quantitative estimate of drug-likeness (QED) is 0.570. The minimum Gasteiger partial charge on any atom is -0.152 e. The Morgan fingerprint density at radius 1 is 0.889 bits per heavy atom. The molecule has 0 bridgehead atoms. The first-order valence-electron chi connectivity index (χ1n) is 6.66. The largest absolute Gasteiger partial charge is 0.152 e. The lowest BCUT2D eigenvalue weighted by molar-refractivity contribution is 0.872. The molecule has 18 heavy (non-hydrogen) atoms. The van der Waals surface area contributed by atoms with Crippen molar-refractivity contribution in [1.82, 2.24) is 0 Å². The van der Waals surface area contributed by atoms with Crippen LogP contribution in [0.1, 0.15) is 63.8 Å². The molecule has 0 saturated heterocycles. The van der Waals surface area contributed by atoms with Crippen molar-refractivity contribution in [3.63, 3.8) is 0 Å². The molecule has 0 nitrogen and oxygen atoms in total. The molecule has 0 N–H and O–H groups in total. The third kappa shape index (κ3) is 6.97. The van der Waals surface area contributed by atoms with Crippen molar-refractivity contribution in [3.8, 4) is 0 Å². The van der Waals surface area contributed by atoms with Crippen LogP contribution in [0.2, 0.25) is 0 Å². The third-order valence-corrected chi connectivity index (χ3v) is 4.20. The number of hydrogen-bond donors (Lipinski definition) is 0. The van der Waals surface area contributed by atoms with Gasteiger partial charge in [-0.2, -0.15) is 11.3 Å². The summed E-state index contributed by atoms with van der Waals surface area (Å²) in [5.41, 5.74) is 1.45. The van der Waals surface area contributed by atoms with Gasteiger partial charge in [-0.15, -0.1) is 11.3 Å². The van der Waals surface area contributed by atoms with E-state index in [1.54, 1.807) is 11.3 Å². The van der Waals surface area contributed by atoms with E-state index in [4.69, 9.17) is 0 Å². The van der Waals surface area contributed by atoms with Crippen LogP contribution in [0.5, 0.6) is 0 Å². The predicted molar refractivity (Wildman–Crippen MR) is 88.2 cm³/mol. The molecule has 0 saturated carbocycles. The second kappa shape index (κ2) is 10.3. The topological polar surface area (TPSA) is 0 Å². The molecule has 0 spiro atoms. The maximum Gasteiger partial charge on any atom is 0.00706 e. The van der Waals surface area contributed by atoms with Crippen molar-refractivity contribution < 1.29 is 0 Å². The third-order valence-electron chi connectivity index (χ3n) is 2.32. The van der Waals surface area contributed by atoms with Crippen LogP contribution in [0.4, 0.5) is 0 Å². The molecule has 0 fully saturated rings. The van der Waals surface area contributed by atoms with Gasteiger partial charge in [0.05, 0.1) is 0 Å². The molecule has 0 aliphatic heterocycles. The molecule has 0 aromatic carbocycles. The van der Waals surface area contributed by atoms with E-state index in [1.165, 1.54) is 10.4 Å². The summed E-state index contributed by atoms with van der Waals surface area (Å²) in [4.78, 5) is 1.48. The molecule has 2 heteroatoms. The molecule has 2 rings (SSSR count). The first kappa shape index (κ1) is 17.4. The highest BCUT2D eigenvalue weighted by Crippen LogP contribution is 2.18. The van der Waals surface area contributed by atoms with Gasteiger partial charge in [0.2, 0.25) is 0 Å². The lowest BCUT2D eigenvalue weighted by Crippen LogP contribution is -1.79. The monoisotopic (exact) mass is 282 g/mol. The predicted octanol–water partition coefficient (Wildman–Crippen LogP) is 6.77. The molecule has 0 radical (unpaired) electrons. The van der Waals surface area contributed by atoms with E-state index < -0.39 is 0 Å². The summed E-state index contributed by atoms with van der Waals surface area (Å²) in [5.74, 6) is 1.40. The van der Waals surface area contributed by atoms with Crippen LogP contribution in [0.15, 0.2) is 34.3 Å². The highest BCUT2D eigenvalue weighted by Gasteiger charge is 1.96. The average Bonchev–Trinajstić information content (AvgIpc) is 3.06. The smallest absolute Gasteiger partial charge is 0.00706 e. The van der Waals surface area contributed by atoms with Crippen LogP contribution in [0.25, 0.3) is 0 Å². The van der Waals surface area contributed by atoms with E-state index in [0.29, 0.717) is 11.8 Å². The van der Waals surface area contributed by atoms with Crippen LogP contribution >= 0.6 is 22.7 Å². The van der Waals surface area contributed by atoms with E-state index in [1.807, 2.05) is 25.2 Å². The van der Waals surface area contributed by atoms with Gasteiger partial charge in [-0.05, 0) is 45.7 Å². The molecular formula is C16H26S2. The summed E-state index contributed by atoms with van der Waals surface area (Å²) in [5, 5.41) is 6.44. The van der Waals surface area contributed by atoms with E-state index in [0.717, 1.165) is 0 Å². The summed E-state index contributed by atoms with van der Waals surface area (Å²) in [6.45, 7) is 12.8. The van der Waals surface area contributed by atoms with E-state index >= 15 is 0 Å². The highest BCUT2D eigenvalue weighted by atomic mass is 32.1. The zero-order valence-corrected chi connectivity index (χ0v) is 14.1. The van der Waals surface area contributed by atoms with Gasteiger partial charge in [0.25, 0.3) is 0 Å². The normalized spacial score (nSPS) is 9.56. The Morgan fingerprint density at radius 3 is 1.78 bits per heavy atom. The van der Waals surface area contributed by atoms with Gasteiger partial charge in [-0.1, -0.05) is 47.6 Å². The van der Waals surface area contributed by atoms with Crippen molar-refractivity contribution in [2.75, 3.05) is 0 Å². The molecular weight excluding hydrogens is 256 g/mol. The van der Waals surface area contributed by atoms with Gasteiger partial charge in [-0.3, -0.25) is 0 Å². The van der Waals surface area contributed by atoms with Gasteiger partial charge in [0, 0.05) is 4.88 Å². The number of hydrogen-bond acceptors (Lipinski definition) is 2. The first-order chi connectivity index (χ1) is 8.61. The Labute approximate surface area is 121 Å². The summed E-state index contributed by atoms with van der Waals surface area (Å²) in [7, 11) is 0. The average molecular weight is 283 g/mol. The minimum atomic E-state index is 0.696. The standard InChI is InChI=1S/2C7H10S.C2H6/c1-6(2)7-3-4-8-5-7;1-6(2)7-4-3-5-8-7;1-2/h2*3-6H,1-2H3;1-2H3. The van der Waals surface area contributed by atoms with Gasteiger partial charge in [0.1, 0.15) is 0 Å². The Hall–Kier alpha value is -0.600. The number of rotatable bonds is 2. The van der Waals surface area contributed by atoms with Crippen LogP contribution < -0.4 is 0 Å². The van der Waals surface area contributed by atoms with Crippen LogP contribution in [0, 0.1) is 0 Å². The Balaban J connectivity index is 0.000000283. The molecule has 102 valence electrons. The van der Waals surface area contributed by atoms with Crippen LogP contribution in [-0.2, 0) is 0 Å². The van der Waals surface area contributed by atoms with Crippen molar-refractivity contribution in [1.29, 1.82) is 0 Å². The van der Waals surface area contributed by atoms with Crippen LogP contribution in [-0.4, -0.2) is 0 Å². The van der Waals surface area contributed by atoms with Crippen molar-refractivity contribution >= 4 is 22.7 Å². The summed E-state index contributed by atoms with van der Waals surface area (Å²) in [6, 6.07) is 6.45. The maximum atomic E-state index is 2.21. The van der Waals surface area contributed by atoms with Crippen molar-refractivity contribution in [2.24, 2.45) is 0 Å². The van der Waals surface area contributed by atoms with Crippen molar-refractivity contribution in [3.05, 3.63) is 44.8 Å². The molecule has 0 aliphatic rings. The molecule has 0 amide bonds. The Kier molecular flexibility index (Phi) is 9.99. The lowest BCUT2D eigenvalue weighted by Gasteiger charge is -1.96. The van der Waals surface area contributed by atoms with Gasteiger partial charge in [0.15, 0.2) is 0 Å². The van der Waals surface area contributed by atoms with E-state index in [2.05, 4.69) is 62.0 Å².